The predicted molar refractivity (Wildman–Crippen MR) is 137 cm³/mol. The van der Waals surface area contributed by atoms with Crippen LogP contribution < -0.4 is 10.2 Å². The van der Waals surface area contributed by atoms with Crippen molar-refractivity contribution in [3.8, 4) is 107 Å². The Kier molecular flexibility index (Phi) is 18.7. The molecule has 37 heavy (non-hydrogen) atoms. The molecule has 0 aromatic carbocycles. The summed E-state index contributed by atoms with van der Waals surface area (Å²) in [6.07, 6.45) is 2.53. The van der Waals surface area contributed by atoms with Gasteiger partial charge in [0.1, 0.15) is 6.11 Å². The molecule has 1 unspecified atom stereocenters. The summed E-state index contributed by atoms with van der Waals surface area (Å²) in [6, 6.07) is 0. The summed E-state index contributed by atoms with van der Waals surface area (Å²) in [7, 11) is -4.61. The number of carbonyl (C=O) groups is 1. The molecular formula is C30H15NO5P-. The molecule has 0 aliphatic rings. The lowest BCUT2D eigenvalue weighted by Crippen LogP contribution is -2.24. The van der Waals surface area contributed by atoms with Crippen molar-refractivity contribution in [2.75, 3.05) is 13.2 Å². The van der Waals surface area contributed by atoms with E-state index < -0.39 is 7.82 Å². The van der Waals surface area contributed by atoms with E-state index in [1.165, 1.54) is 6.92 Å². The van der Waals surface area contributed by atoms with Gasteiger partial charge >= 0.3 is 7.82 Å². The van der Waals surface area contributed by atoms with E-state index in [-0.39, 0.29) is 19.1 Å². The average Bonchev–Trinajstić information content (AvgIpc) is 2.86. The van der Waals surface area contributed by atoms with Crippen molar-refractivity contribution in [3.63, 3.8) is 0 Å². The van der Waals surface area contributed by atoms with Gasteiger partial charge in [0.05, 0.1) is 12.2 Å². The third kappa shape index (κ3) is 23.3. The van der Waals surface area contributed by atoms with Crippen LogP contribution in [0.5, 0.6) is 0 Å². The molecule has 1 N–H and O–H groups in total. The highest BCUT2D eigenvalue weighted by Crippen LogP contribution is 2.37. The van der Waals surface area contributed by atoms with E-state index in [1.54, 1.807) is 0 Å². The third-order valence-electron chi connectivity index (χ3n) is 2.80. The molecule has 0 aliphatic carbocycles. The summed E-state index contributed by atoms with van der Waals surface area (Å²) < 4.78 is 20.0. The molecular weight excluding hydrogens is 485 g/mol. The first-order chi connectivity index (χ1) is 17.9. The van der Waals surface area contributed by atoms with E-state index >= 15 is 0 Å². The fourth-order valence-electron chi connectivity index (χ4n) is 1.42. The van der Waals surface area contributed by atoms with Gasteiger partial charge in [0.15, 0.2) is 0 Å². The van der Waals surface area contributed by atoms with Gasteiger partial charge in [-0.2, -0.15) is 0 Å². The summed E-state index contributed by atoms with van der Waals surface area (Å²) >= 11 is 0. The van der Waals surface area contributed by atoms with E-state index in [1.807, 2.05) is 13.0 Å². The number of carbonyl (C=O) groups excluding carboxylic acids is 1. The second-order valence-corrected chi connectivity index (χ2v) is 6.80. The molecule has 0 saturated heterocycles. The molecule has 0 bridgehead atoms. The second kappa shape index (κ2) is 22.1. The van der Waals surface area contributed by atoms with Crippen LogP contribution in [0.1, 0.15) is 20.3 Å². The lowest BCUT2D eigenvalue weighted by Gasteiger charge is -2.18. The van der Waals surface area contributed by atoms with Crippen LogP contribution in [0.2, 0.25) is 0 Å². The van der Waals surface area contributed by atoms with E-state index in [0.29, 0.717) is 12.0 Å². The fraction of sp³-hybridized carbons (Fsp3) is 0.167. The van der Waals surface area contributed by atoms with Gasteiger partial charge in [-0.3, -0.25) is 9.36 Å². The molecule has 0 radical (unpaired) electrons. The Morgan fingerprint density at radius 2 is 1.32 bits per heavy atom. The van der Waals surface area contributed by atoms with Gasteiger partial charge in [0, 0.05) is 60.8 Å². The number of phosphoric acid groups is 1. The van der Waals surface area contributed by atoms with Gasteiger partial charge < -0.3 is 19.3 Å². The van der Waals surface area contributed by atoms with E-state index in [0.717, 1.165) is 0 Å². The summed E-state index contributed by atoms with van der Waals surface area (Å²) in [4.78, 5) is 22.0. The van der Waals surface area contributed by atoms with Gasteiger partial charge in [-0.15, -0.1) is 0 Å². The van der Waals surface area contributed by atoms with Crippen molar-refractivity contribution in [1.29, 1.82) is 0 Å². The average molecular weight is 500 g/mol. The molecule has 176 valence electrons. The minimum atomic E-state index is -4.61. The Hall–Kier alpha value is -5.68. The number of allylic oxidation sites excluding steroid dienone is 1. The van der Waals surface area contributed by atoms with Crippen LogP contribution in [0.3, 0.4) is 0 Å². The maximum absolute atomic E-state index is 11.3. The number of nitrogens with one attached hydrogen (secondary N) is 1. The van der Waals surface area contributed by atoms with Gasteiger partial charge in [-0.25, -0.2) is 0 Å². The molecule has 7 heteroatoms. The van der Waals surface area contributed by atoms with E-state index in [4.69, 9.17) is 0 Å². The van der Waals surface area contributed by atoms with Crippen molar-refractivity contribution in [2.45, 2.75) is 20.3 Å². The normalized spacial score (nSPS) is 8.08. The van der Waals surface area contributed by atoms with Crippen LogP contribution in [0.25, 0.3) is 0 Å². The topological polar surface area (TPSA) is 87.7 Å². The van der Waals surface area contributed by atoms with Crippen molar-refractivity contribution in [3.05, 3.63) is 35.1 Å². The molecule has 1 atom stereocenters. The Morgan fingerprint density at radius 3 is 1.78 bits per heavy atom. The lowest BCUT2D eigenvalue weighted by atomic mass is 10.2. The standard InChI is InChI=1S/C30H16NO5P/c1-4-6-21-24-30(5-2)25-22-19-17-15-13-11-9-7-8-10-12-14-16-18-20-23-27-35-37(33,34)36-28-26-31-29(3)32/h1,5,26,28H2,2-3H3,(H,31,32)(H,33,34)/p-1. The van der Waals surface area contributed by atoms with Crippen LogP contribution in [0.15, 0.2) is 35.1 Å². The minimum Gasteiger partial charge on any atom is -0.746 e. The fourth-order valence-corrected chi connectivity index (χ4v) is 1.94. The summed E-state index contributed by atoms with van der Waals surface area (Å²) in [6.45, 7) is 6.30. The zero-order chi connectivity index (χ0) is 27.5. The Labute approximate surface area is 217 Å². The van der Waals surface area contributed by atoms with Crippen LogP contribution >= 0.6 is 7.82 Å². The summed E-state index contributed by atoms with van der Waals surface area (Å²) in [5.41, 5.74) is 11.1. The highest BCUT2D eigenvalue weighted by atomic mass is 31.2. The molecule has 0 aromatic heterocycles. The van der Waals surface area contributed by atoms with Crippen molar-refractivity contribution < 1.29 is 23.3 Å². The lowest BCUT2D eigenvalue weighted by molar-refractivity contribution is -0.219. The largest absolute Gasteiger partial charge is 0.746 e. The molecule has 0 aromatic rings. The van der Waals surface area contributed by atoms with E-state index in [2.05, 4.69) is 145 Å². The van der Waals surface area contributed by atoms with Gasteiger partial charge in [0.2, 0.25) is 5.91 Å². The van der Waals surface area contributed by atoms with Crippen LogP contribution in [-0.4, -0.2) is 19.1 Å². The molecule has 0 saturated carbocycles. The van der Waals surface area contributed by atoms with Gasteiger partial charge in [0.25, 0.3) is 0 Å². The SMILES string of the molecule is C=C=C=C=C=C(C#CC#CC#CC#CC#CC#CC#CC#CC#COP(=O)([O-])OCCNC(C)=O)CC. The first-order valence-electron chi connectivity index (χ1n) is 9.94. The van der Waals surface area contributed by atoms with Crippen LogP contribution in [-0.2, 0) is 18.4 Å². The number of rotatable bonds is 6. The third-order valence-corrected chi connectivity index (χ3v) is 3.62. The zero-order valence-electron chi connectivity index (χ0n) is 19.8. The molecule has 0 rings (SSSR count). The highest BCUT2D eigenvalue weighted by molar-refractivity contribution is 7.46. The molecule has 0 spiro atoms. The Morgan fingerprint density at radius 1 is 0.838 bits per heavy atom. The quantitative estimate of drug-likeness (QED) is 0.256. The predicted octanol–water partition coefficient (Wildman–Crippen LogP) is 1.20. The minimum absolute atomic E-state index is 0.0103. The number of phosphoric ester groups is 1. The molecule has 0 fully saturated rings. The summed E-state index contributed by atoms with van der Waals surface area (Å²) in [5, 5.41) is 2.36. The van der Waals surface area contributed by atoms with Crippen LogP contribution in [0.4, 0.5) is 0 Å². The van der Waals surface area contributed by atoms with Gasteiger partial charge in [-0.05, 0) is 83.5 Å². The van der Waals surface area contributed by atoms with Crippen molar-refractivity contribution in [2.24, 2.45) is 0 Å². The smallest absolute Gasteiger partial charge is 0.328 e. The Bertz CT molecular complexity index is 1670. The molecule has 1 amide bonds. The van der Waals surface area contributed by atoms with Gasteiger partial charge in [-0.1, -0.05) is 12.7 Å². The maximum atomic E-state index is 11.3. The molecule has 0 heterocycles. The first-order valence-corrected chi connectivity index (χ1v) is 11.4. The molecule has 6 nitrogen and oxygen atoms in total. The number of hydrogen-bond acceptors (Lipinski definition) is 5. The number of amides is 1. The van der Waals surface area contributed by atoms with Crippen molar-refractivity contribution >= 4 is 13.7 Å². The van der Waals surface area contributed by atoms with E-state index in [9.17, 15) is 14.3 Å². The maximum Gasteiger partial charge on any atom is 0.328 e. The van der Waals surface area contributed by atoms with Crippen molar-refractivity contribution in [1.82, 2.24) is 5.32 Å². The Balaban J connectivity index is 4.59. The second-order valence-electron chi connectivity index (χ2n) is 5.47. The van der Waals surface area contributed by atoms with Crippen LogP contribution in [0, 0.1) is 107 Å². The monoisotopic (exact) mass is 500 g/mol. The molecule has 0 aliphatic heterocycles. The first kappa shape index (κ1) is 31.3. The highest BCUT2D eigenvalue weighted by Gasteiger charge is 2.07. The zero-order valence-corrected chi connectivity index (χ0v) is 20.7. The number of hydrogen-bond donors (Lipinski definition) is 1. The summed E-state index contributed by atoms with van der Waals surface area (Å²) in [5.74, 6) is 41.4.